The van der Waals surface area contributed by atoms with Crippen LogP contribution >= 0.6 is 0 Å². The first-order chi connectivity index (χ1) is 18.3. The van der Waals surface area contributed by atoms with E-state index in [0.717, 1.165) is 10.6 Å². The van der Waals surface area contributed by atoms with Crippen LogP contribution in [0.4, 0.5) is 16.2 Å². The summed E-state index contributed by atoms with van der Waals surface area (Å²) < 4.78 is 22.3. The van der Waals surface area contributed by atoms with Gasteiger partial charge in [0.1, 0.15) is 29.3 Å². The fraction of sp³-hybridized carbons (Fsp3) is 0.444. The lowest BCUT2D eigenvalue weighted by Gasteiger charge is -2.31. The van der Waals surface area contributed by atoms with Crippen LogP contribution in [0.3, 0.4) is 0 Å². The number of nitrogens with zero attached hydrogens (tertiary/aromatic N) is 2. The summed E-state index contributed by atoms with van der Waals surface area (Å²) in [5.41, 5.74) is 0.517. The zero-order valence-electron chi connectivity index (χ0n) is 22.2. The molecule has 38 heavy (non-hydrogen) atoms. The topological polar surface area (TPSA) is 119 Å². The van der Waals surface area contributed by atoms with Crippen molar-refractivity contribution < 1.29 is 33.3 Å². The molecule has 0 aliphatic carbocycles. The molecule has 4 amide bonds. The van der Waals surface area contributed by atoms with Gasteiger partial charge < -0.3 is 34.5 Å². The zero-order valence-corrected chi connectivity index (χ0v) is 22.2. The van der Waals surface area contributed by atoms with Gasteiger partial charge in [-0.25, -0.2) is 4.79 Å². The van der Waals surface area contributed by atoms with E-state index in [1.165, 1.54) is 0 Å². The summed E-state index contributed by atoms with van der Waals surface area (Å²) in [6, 6.07) is 9.74. The number of imide groups is 1. The molecule has 1 atom stereocenters. The van der Waals surface area contributed by atoms with Gasteiger partial charge in [0.05, 0.1) is 44.9 Å². The van der Waals surface area contributed by atoms with Gasteiger partial charge in [-0.05, 0) is 38.5 Å². The number of morpholine rings is 1. The Morgan fingerprint density at radius 2 is 1.71 bits per heavy atom. The van der Waals surface area contributed by atoms with E-state index >= 15 is 0 Å². The summed E-state index contributed by atoms with van der Waals surface area (Å²) in [6.07, 6.45) is 0. The zero-order chi connectivity index (χ0) is 27.3. The van der Waals surface area contributed by atoms with Gasteiger partial charge in [-0.1, -0.05) is 12.1 Å². The van der Waals surface area contributed by atoms with Crippen molar-refractivity contribution in [2.75, 3.05) is 63.4 Å². The first-order valence-electron chi connectivity index (χ1n) is 12.7. The summed E-state index contributed by atoms with van der Waals surface area (Å²) in [6.45, 7) is 8.32. The van der Waals surface area contributed by atoms with E-state index in [0.29, 0.717) is 68.0 Å². The summed E-state index contributed by atoms with van der Waals surface area (Å²) in [4.78, 5) is 42.2. The van der Waals surface area contributed by atoms with Crippen molar-refractivity contribution in [1.82, 2.24) is 10.2 Å². The molecule has 0 spiro atoms. The Balaban J connectivity index is 1.53. The molecule has 11 heteroatoms. The van der Waals surface area contributed by atoms with E-state index in [1.807, 2.05) is 19.9 Å². The molecule has 2 N–H and O–H groups in total. The number of methoxy groups -OCH3 is 1. The van der Waals surface area contributed by atoms with Crippen LogP contribution in [0.5, 0.6) is 17.2 Å². The van der Waals surface area contributed by atoms with Gasteiger partial charge in [-0.3, -0.25) is 14.5 Å². The average Bonchev–Trinajstić information content (AvgIpc) is 3.14. The number of hydrogen-bond donors (Lipinski definition) is 2. The minimum atomic E-state index is -1.30. The highest BCUT2D eigenvalue weighted by Crippen LogP contribution is 2.39. The van der Waals surface area contributed by atoms with Crippen molar-refractivity contribution in [2.45, 2.75) is 26.3 Å². The number of carbonyl (C=O) groups excluding carboxylic acids is 3. The Kier molecular flexibility index (Phi) is 8.26. The molecule has 0 radical (unpaired) electrons. The van der Waals surface area contributed by atoms with E-state index < -0.39 is 29.9 Å². The SMILES string of the molecule is CCOc1cc(N2CCOCC2)c(OCC)cc1NC(=O)CN1C(=O)N[C@@](C)(c2ccc(OC)cc2)C1=O. The Labute approximate surface area is 222 Å². The number of benzene rings is 2. The highest BCUT2D eigenvalue weighted by molar-refractivity contribution is 6.10. The van der Waals surface area contributed by atoms with Crippen LogP contribution in [0.25, 0.3) is 0 Å². The quantitative estimate of drug-likeness (QED) is 0.454. The molecule has 204 valence electrons. The molecule has 2 fully saturated rings. The summed E-state index contributed by atoms with van der Waals surface area (Å²) in [5, 5.41) is 5.51. The maximum Gasteiger partial charge on any atom is 0.325 e. The maximum absolute atomic E-state index is 13.3. The van der Waals surface area contributed by atoms with Crippen molar-refractivity contribution >= 4 is 29.2 Å². The minimum absolute atomic E-state index is 0.382. The van der Waals surface area contributed by atoms with E-state index in [2.05, 4.69) is 15.5 Å². The Bertz CT molecular complexity index is 1180. The molecule has 2 saturated heterocycles. The van der Waals surface area contributed by atoms with Crippen LogP contribution in [0.15, 0.2) is 36.4 Å². The van der Waals surface area contributed by atoms with E-state index in [-0.39, 0.29) is 0 Å². The lowest BCUT2D eigenvalue weighted by Crippen LogP contribution is -2.42. The van der Waals surface area contributed by atoms with E-state index in [9.17, 15) is 14.4 Å². The number of hydrogen-bond acceptors (Lipinski definition) is 8. The molecule has 11 nitrogen and oxygen atoms in total. The number of amides is 4. The lowest BCUT2D eigenvalue weighted by molar-refractivity contribution is -0.133. The smallest absolute Gasteiger partial charge is 0.325 e. The van der Waals surface area contributed by atoms with Crippen molar-refractivity contribution in [3.05, 3.63) is 42.0 Å². The van der Waals surface area contributed by atoms with Gasteiger partial charge in [0, 0.05) is 25.2 Å². The number of anilines is 2. The molecule has 2 heterocycles. The average molecular weight is 527 g/mol. The third-order valence-corrected chi connectivity index (χ3v) is 6.53. The molecule has 2 aromatic rings. The second-order valence-corrected chi connectivity index (χ2v) is 9.00. The third kappa shape index (κ3) is 5.47. The molecule has 2 aromatic carbocycles. The summed E-state index contributed by atoms with van der Waals surface area (Å²) in [7, 11) is 1.55. The molecule has 0 saturated carbocycles. The standard InChI is InChI=1S/C27H34N4O7/c1-5-37-22-16-21(30-11-13-36-14-12-30)23(38-6-2)15-20(22)28-24(32)17-31-25(33)27(3,29-26(31)34)18-7-9-19(35-4)10-8-18/h7-10,15-16H,5-6,11-14,17H2,1-4H3,(H,28,32)(H,29,34)/t27-/m0/s1. The van der Waals surface area contributed by atoms with Crippen LogP contribution in [-0.2, 0) is 19.9 Å². The minimum Gasteiger partial charge on any atom is -0.497 e. The van der Waals surface area contributed by atoms with Gasteiger partial charge in [0.25, 0.3) is 5.91 Å². The molecule has 0 aromatic heterocycles. The van der Waals surface area contributed by atoms with E-state index in [1.54, 1.807) is 44.4 Å². The van der Waals surface area contributed by atoms with Gasteiger partial charge in [0.15, 0.2) is 0 Å². The fourth-order valence-corrected chi connectivity index (χ4v) is 4.54. The molecule has 0 bridgehead atoms. The first kappa shape index (κ1) is 27.1. The predicted octanol–water partition coefficient (Wildman–Crippen LogP) is 2.73. The van der Waals surface area contributed by atoms with Gasteiger partial charge >= 0.3 is 6.03 Å². The molecule has 2 aliphatic heterocycles. The lowest BCUT2D eigenvalue weighted by atomic mass is 9.92. The molecule has 2 aliphatic rings. The normalized spacial score (nSPS) is 19.3. The number of rotatable bonds is 10. The number of carbonyl (C=O) groups is 3. The first-order valence-corrected chi connectivity index (χ1v) is 12.7. The summed E-state index contributed by atoms with van der Waals surface area (Å²) in [5.74, 6) is 0.614. The molecular formula is C27H34N4O7. The van der Waals surface area contributed by atoms with Crippen molar-refractivity contribution in [2.24, 2.45) is 0 Å². The highest BCUT2D eigenvalue weighted by Gasteiger charge is 2.49. The van der Waals surface area contributed by atoms with Crippen LogP contribution in [-0.4, -0.2) is 75.9 Å². The van der Waals surface area contributed by atoms with Crippen molar-refractivity contribution in [1.29, 1.82) is 0 Å². The molecule has 4 rings (SSSR count). The second kappa shape index (κ2) is 11.6. The van der Waals surface area contributed by atoms with Crippen LogP contribution < -0.4 is 29.7 Å². The van der Waals surface area contributed by atoms with Gasteiger partial charge in [-0.2, -0.15) is 0 Å². The Hall–Kier alpha value is -3.99. The van der Waals surface area contributed by atoms with E-state index in [4.69, 9.17) is 18.9 Å². The predicted molar refractivity (Wildman–Crippen MR) is 141 cm³/mol. The van der Waals surface area contributed by atoms with Crippen molar-refractivity contribution in [3.63, 3.8) is 0 Å². The fourth-order valence-electron chi connectivity index (χ4n) is 4.54. The van der Waals surface area contributed by atoms with Gasteiger partial charge in [0.2, 0.25) is 5.91 Å². The van der Waals surface area contributed by atoms with Crippen LogP contribution in [0, 0.1) is 0 Å². The Morgan fingerprint density at radius 3 is 2.34 bits per heavy atom. The Morgan fingerprint density at radius 1 is 1.05 bits per heavy atom. The number of urea groups is 1. The van der Waals surface area contributed by atoms with Crippen LogP contribution in [0.2, 0.25) is 0 Å². The van der Waals surface area contributed by atoms with Gasteiger partial charge in [-0.15, -0.1) is 0 Å². The third-order valence-electron chi connectivity index (χ3n) is 6.53. The molecular weight excluding hydrogens is 492 g/mol. The maximum atomic E-state index is 13.3. The van der Waals surface area contributed by atoms with Crippen molar-refractivity contribution in [3.8, 4) is 17.2 Å². The molecule has 0 unspecified atom stereocenters. The number of ether oxygens (including phenoxy) is 4. The monoisotopic (exact) mass is 526 g/mol. The number of nitrogens with one attached hydrogen (secondary N) is 2. The summed E-state index contributed by atoms with van der Waals surface area (Å²) >= 11 is 0. The van der Waals surface area contributed by atoms with Crippen LogP contribution in [0.1, 0.15) is 26.3 Å². The largest absolute Gasteiger partial charge is 0.497 e. The second-order valence-electron chi connectivity index (χ2n) is 9.00. The highest BCUT2D eigenvalue weighted by atomic mass is 16.5.